The molecule has 0 aliphatic carbocycles. The Morgan fingerprint density at radius 2 is 2.07 bits per heavy atom. The van der Waals surface area contributed by atoms with E-state index in [0.29, 0.717) is 31.0 Å². The largest absolute Gasteiger partial charge is 0.573 e. The second kappa shape index (κ2) is 8.17. The third kappa shape index (κ3) is 4.27. The highest BCUT2D eigenvalue weighted by Gasteiger charge is 2.36. The van der Waals surface area contributed by atoms with Crippen LogP contribution in [0, 0.1) is 5.82 Å². The molecular formula is C18H21F4N5O. The Kier molecular flexibility index (Phi) is 5.87. The van der Waals surface area contributed by atoms with Crippen molar-refractivity contribution in [1.82, 2.24) is 15.2 Å². The number of hydrogen-bond acceptors (Lipinski definition) is 6. The lowest BCUT2D eigenvalue weighted by molar-refractivity contribution is -0.275. The van der Waals surface area contributed by atoms with Crippen molar-refractivity contribution in [3.63, 3.8) is 0 Å². The number of benzene rings is 1. The molecule has 0 amide bonds. The van der Waals surface area contributed by atoms with Crippen LogP contribution in [0.3, 0.4) is 0 Å². The number of guanidine groups is 1. The summed E-state index contributed by atoms with van der Waals surface area (Å²) in [6.45, 7) is 8.35. The monoisotopic (exact) mass is 399 g/mol. The number of nitrogens with one attached hydrogen (secondary N) is 1. The minimum Gasteiger partial charge on any atom is -0.403 e. The fraction of sp³-hybridized carbons (Fsp3) is 0.444. The lowest BCUT2D eigenvalue weighted by Gasteiger charge is -2.40. The number of nitrogens with zero attached hydrogens (tertiary/aromatic N) is 4. The van der Waals surface area contributed by atoms with Crippen molar-refractivity contribution >= 4 is 17.9 Å². The second-order valence-corrected chi connectivity index (χ2v) is 6.30. The molecule has 3 rings (SSSR count). The van der Waals surface area contributed by atoms with E-state index in [-0.39, 0.29) is 5.69 Å². The van der Waals surface area contributed by atoms with Crippen molar-refractivity contribution in [1.29, 1.82) is 0 Å². The maximum atomic E-state index is 14.3. The molecule has 1 atom stereocenters. The summed E-state index contributed by atoms with van der Waals surface area (Å²) in [5.41, 5.74) is 0.653. The van der Waals surface area contributed by atoms with Crippen LogP contribution in [0.4, 0.5) is 23.2 Å². The van der Waals surface area contributed by atoms with E-state index in [1.165, 1.54) is 0 Å². The maximum absolute atomic E-state index is 14.3. The van der Waals surface area contributed by atoms with Crippen LogP contribution in [0.5, 0.6) is 5.75 Å². The Balaban J connectivity index is 2.10. The van der Waals surface area contributed by atoms with Crippen LogP contribution in [-0.2, 0) is 0 Å². The molecule has 1 saturated heterocycles. The van der Waals surface area contributed by atoms with Gasteiger partial charge in [-0.05, 0) is 19.4 Å². The standard InChI is InChI=1S/C18H21F4N5O/c1-3-5-15-12-10-16(28-18(20,21)22)13(19)11-14(12)25-17(27(15)24-4-2)26-8-6-23-7-9-26/h3-4,10-11,15,23H,1,5-9H2,2H3/b24-4-. The fourth-order valence-corrected chi connectivity index (χ4v) is 3.28. The molecule has 6 nitrogen and oxygen atoms in total. The van der Waals surface area contributed by atoms with Crippen LogP contribution in [0.2, 0.25) is 0 Å². The maximum Gasteiger partial charge on any atom is 0.573 e. The molecule has 0 radical (unpaired) electrons. The first kappa shape index (κ1) is 20.1. The first-order chi connectivity index (χ1) is 13.3. The quantitative estimate of drug-likeness (QED) is 0.478. The zero-order valence-corrected chi connectivity index (χ0v) is 15.3. The van der Waals surface area contributed by atoms with Gasteiger partial charge >= 0.3 is 6.36 Å². The molecule has 2 aliphatic heterocycles. The van der Waals surface area contributed by atoms with Gasteiger partial charge in [-0.3, -0.25) is 0 Å². The van der Waals surface area contributed by atoms with Crippen molar-refractivity contribution in [3.05, 3.63) is 36.2 Å². The summed E-state index contributed by atoms with van der Waals surface area (Å²) < 4.78 is 56.0. The number of alkyl halides is 3. The molecule has 1 N–H and O–H groups in total. The van der Waals surface area contributed by atoms with E-state index < -0.39 is 24.0 Å². The predicted octanol–water partition coefficient (Wildman–Crippen LogP) is 3.56. The first-order valence-corrected chi connectivity index (χ1v) is 8.86. The number of ether oxygens (including phenoxy) is 1. The Morgan fingerprint density at radius 1 is 1.36 bits per heavy atom. The number of hydrazone groups is 1. The molecule has 0 spiro atoms. The third-order valence-corrected chi connectivity index (χ3v) is 4.42. The normalized spacial score (nSPS) is 20.2. The summed E-state index contributed by atoms with van der Waals surface area (Å²) in [6.07, 6.45) is -1.39. The zero-order chi connectivity index (χ0) is 20.3. The van der Waals surface area contributed by atoms with Gasteiger partial charge in [0.1, 0.15) is 0 Å². The van der Waals surface area contributed by atoms with E-state index in [2.05, 4.69) is 26.7 Å². The number of rotatable bonds is 4. The summed E-state index contributed by atoms with van der Waals surface area (Å²) in [4.78, 5) is 6.53. The van der Waals surface area contributed by atoms with Crippen molar-refractivity contribution in [3.8, 4) is 5.75 Å². The number of fused-ring (bicyclic) bond motifs is 1. The molecule has 0 saturated carbocycles. The minimum absolute atomic E-state index is 0.259. The van der Waals surface area contributed by atoms with Gasteiger partial charge in [-0.25, -0.2) is 14.4 Å². The van der Waals surface area contributed by atoms with Crippen LogP contribution in [0.15, 0.2) is 34.9 Å². The molecule has 1 unspecified atom stereocenters. The molecule has 10 heteroatoms. The molecule has 2 aliphatic rings. The van der Waals surface area contributed by atoms with Crippen molar-refractivity contribution in [2.45, 2.75) is 25.7 Å². The molecule has 1 fully saturated rings. The fourth-order valence-electron chi connectivity index (χ4n) is 3.28. The highest BCUT2D eigenvalue weighted by molar-refractivity contribution is 5.86. The van der Waals surface area contributed by atoms with Crippen LogP contribution in [-0.4, -0.2) is 54.6 Å². The molecule has 1 aromatic rings. The minimum atomic E-state index is -4.99. The van der Waals surface area contributed by atoms with Crippen LogP contribution >= 0.6 is 0 Å². The van der Waals surface area contributed by atoms with Gasteiger partial charge in [-0.1, -0.05) is 6.08 Å². The highest BCUT2D eigenvalue weighted by Crippen LogP contribution is 2.42. The number of halogens is 4. The molecule has 1 aromatic carbocycles. The topological polar surface area (TPSA) is 52.5 Å². The summed E-state index contributed by atoms with van der Waals surface area (Å²) in [5.74, 6) is -1.48. The Morgan fingerprint density at radius 3 is 2.68 bits per heavy atom. The number of piperazine rings is 1. The lowest BCUT2D eigenvalue weighted by atomic mass is 9.99. The Bertz CT molecular complexity index is 787. The van der Waals surface area contributed by atoms with Gasteiger partial charge in [-0.15, -0.1) is 19.8 Å². The summed E-state index contributed by atoms with van der Waals surface area (Å²) in [6, 6.07) is 1.53. The van der Waals surface area contributed by atoms with E-state index >= 15 is 0 Å². The van der Waals surface area contributed by atoms with Crippen LogP contribution in [0.25, 0.3) is 0 Å². The molecule has 152 valence electrons. The molecule has 28 heavy (non-hydrogen) atoms. The van der Waals surface area contributed by atoms with E-state index in [9.17, 15) is 17.6 Å². The summed E-state index contributed by atoms with van der Waals surface area (Å²) in [7, 11) is 0. The third-order valence-electron chi connectivity index (χ3n) is 4.42. The first-order valence-electron chi connectivity index (χ1n) is 8.86. The summed E-state index contributed by atoms with van der Waals surface area (Å²) >= 11 is 0. The average molecular weight is 399 g/mol. The van der Waals surface area contributed by atoms with E-state index in [0.717, 1.165) is 25.2 Å². The molecule has 0 aromatic heterocycles. The summed E-state index contributed by atoms with van der Waals surface area (Å²) in [5, 5.41) is 9.26. The second-order valence-electron chi connectivity index (χ2n) is 6.30. The van der Waals surface area contributed by atoms with Crippen LogP contribution in [0.1, 0.15) is 24.9 Å². The average Bonchev–Trinajstić information content (AvgIpc) is 2.64. The van der Waals surface area contributed by atoms with Gasteiger partial charge < -0.3 is 15.0 Å². The smallest absolute Gasteiger partial charge is 0.403 e. The molecule has 2 heterocycles. The lowest BCUT2D eigenvalue weighted by Crippen LogP contribution is -2.52. The van der Waals surface area contributed by atoms with Gasteiger partial charge in [0.25, 0.3) is 0 Å². The number of aliphatic imine (C=N–C) groups is 1. The number of hydrogen-bond donors (Lipinski definition) is 1. The van der Waals surface area contributed by atoms with Crippen molar-refractivity contribution in [2.75, 3.05) is 26.2 Å². The van der Waals surface area contributed by atoms with Gasteiger partial charge in [0, 0.05) is 44.0 Å². The zero-order valence-electron chi connectivity index (χ0n) is 15.3. The highest BCUT2D eigenvalue weighted by atomic mass is 19.4. The van der Waals surface area contributed by atoms with Crippen LogP contribution < -0.4 is 10.1 Å². The van der Waals surface area contributed by atoms with Gasteiger partial charge in [0.2, 0.25) is 5.96 Å². The molecule has 0 bridgehead atoms. The van der Waals surface area contributed by atoms with E-state index in [1.54, 1.807) is 24.2 Å². The predicted molar refractivity (Wildman–Crippen MR) is 98.2 cm³/mol. The van der Waals surface area contributed by atoms with E-state index in [1.807, 2.05) is 4.90 Å². The van der Waals surface area contributed by atoms with Gasteiger partial charge in [-0.2, -0.15) is 5.10 Å². The van der Waals surface area contributed by atoms with E-state index in [4.69, 9.17) is 0 Å². The van der Waals surface area contributed by atoms with Gasteiger partial charge in [0.05, 0.1) is 11.7 Å². The Hall–Kier alpha value is -2.62. The van der Waals surface area contributed by atoms with Gasteiger partial charge in [0.15, 0.2) is 11.6 Å². The Labute approximate surface area is 160 Å². The van der Waals surface area contributed by atoms with Crippen molar-refractivity contribution in [2.24, 2.45) is 10.1 Å². The van der Waals surface area contributed by atoms with Crippen molar-refractivity contribution < 1.29 is 22.3 Å². The SMILES string of the molecule is C=CCC1c2cc(OC(F)(F)F)c(F)cc2N=C(N2CCNCC2)N1/N=C\C. The molecular weight excluding hydrogens is 378 g/mol.